The molecule has 0 spiro atoms. The second-order valence-corrected chi connectivity index (χ2v) is 3.26. The molecular formula is C11H13N3O3. The third kappa shape index (κ3) is 2.81. The van der Waals surface area contributed by atoms with E-state index < -0.39 is 4.92 Å². The number of nitro groups is 1. The van der Waals surface area contributed by atoms with E-state index >= 15 is 0 Å². The summed E-state index contributed by atoms with van der Waals surface area (Å²) in [7, 11) is 0. The molecule has 0 saturated carbocycles. The predicted molar refractivity (Wildman–Crippen MR) is 65.1 cm³/mol. The van der Waals surface area contributed by atoms with Gasteiger partial charge in [-0.15, -0.1) is 0 Å². The van der Waals surface area contributed by atoms with E-state index in [0.717, 1.165) is 0 Å². The van der Waals surface area contributed by atoms with Crippen LogP contribution in [0.4, 0.5) is 11.4 Å². The van der Waals surface area contributed by atoms with Gasteiger partial charge in [0.05, 0.1) is 11.5 Å². The summed E-state index contributed by atoms with van der Waals surface area (Å²) < 4.78 is 5.07. The van der Waals surface area contributed by atoms with Gasteiger partial charge >= 0.3 is 0 Å². The fourth-order valence-electron chi connectivity index (χ4n) is 1.27. The summed E-state index contributed by atoms with van der Waals surface area (Å²) in [6.45, 7) is 5.69. The topological polar surface area (TPSA) is 102 Å². The zero-order valence-corrected chi connectivity index (χ0v) is 9.40. The molecule has 90 valence electrons. The Morgan fingerprint density at radius 1 is 1.65 bits per heavy atom. The molecule has 0 saturated heterocycles. The Bertz CT molecular complexity index is 483. The van der Waals surface area contributed by atoms with Crippen molar-refractivity contribution in [1.29, 1.82) is 5.41 Å². The highest BCUT2D eigenvalue weighted by Crippen LogP contribution is 2.22. The van der Waals surface area contributed by atoms with Crippen LogP contribution >= 0.6 is 0 Å². The number of rotatable bonds is 5. The molecule has 6 nitrogen and oxygen atoms in total. The van der Waals surface area contributed by atoms with Crippen molar-refractivity contribution >= 4 is 17.1 Å². The second kappa shape index (κ2) is 5.11. The highest BCUT2D eigenvalue weighted by Gasteiger charge is 2.15. The molecule has 6 heteroatoms. The van der Waals surface area contributed by atoms with Gasteiger partial charge in [0, 0.05) is 23.4 Å². The molecular weight excluding hydrogens is 222 g/mol. The third-order valence-corrected chi connectivity index (χ3v) is 2.11. The molecule has 17 heavy (non-hydrogen) atoms. The Morgan fingerprint density at radius 2 is 2.29 bits per heavy atom. The van der Waals surface area contributed by atoms with Crippen LogP contribution in [0, 0.1) is 15.5 Å². The van der Waals surface area contributed by atoms with Gasteiger partial charge in [0.2, 0.25) is 0 Å². The molecule has 0 aliphatic carbocycles. The summed E-state index contributed by atoms with van der Waals surface area (Å²) in [6, 6.07) is 3.92. The first kappa shape index (κ1) is 12.7. The Morgan fingerprint density at radius 3 is 2.82 bits per heavy atom. The fourth-order valence-corrected chi connectivity index (χ4v) is 1.27. The van der Waals surface area contributed by atoms with Gasteiger partial charge in [-0.1, -0.05) is 6.58 Å². The standard InChI is InChI=1S/C11H13N3O3/c1-3-17-7(2)11(13)9-6-8(14(15)16)4-5-10(9)12/h4-6,13H,2-3,12H2,1H3. The summed E-state index contributed by atoms with van der Waals surface area (Å²) in [5.74, 6) is 0.139. The van der Waals surface area contributed by atoms with Crippen molar-refractivity contribution in [3.63, 3.8) is 0 Å². The molecule has 1 rings (SSSR count). The number of nitrogens with zero attached hydrogens (tertiary/aromatic N) is 1. The van der Waals surface area contributed by atoms with E-state index in [4.69, 9.17) is 15.9 Å². The molecule has 0 aliphatic rings. The average Bonchev–Trinajstić information content (AvgIpc) is 2.28. The number of allylic oxidation sites excluding steroid dienone is 1. The van der Waals surface area contributed by atoms with Gasteiger partial charge in [-0.2, -0.15) is 0 Å². The Hall–Kier alpha value is -2.37. The molecule has 0 heterocycles. The van der Waals surface area contributed by atoms with Crippen molar-refractivity contribution in [1.82, 2.24) is 0 Å². The molecule has 0 aliphatic heterocycles. The molecule has 1 aromatic rings. The van der Waals surface area contributed by atoms with Gasteiger partial charge < -0.3 is 10.5 Å². The third-order valence-electron chi connectivity index (χ3n) is 2.11. The van der Waals surface area contributed by atoms with E-state index in [1.54, 1.807) is 6.92 Å². The highest BCUT2D eigenvalue weighted by atomic mass is 16.6. The number of hydrogen-bond donors (Lipinski definition) is 2. The van der Waals surface area contributed by atoms with E-state index in [2.05, 4.69) is 6.58 Å². The maximum Gasteiger partial charge on any atom is 0.270 e. The minimum atomic E-state index is -0.542. The lowest BCUT2D eigenvalue weighted by Gasteiger charge is -2.10. The van der Waals surface area contributed by atoms with E-state index in [0.29, 0.717) is 6.61 Å². The van der Waals surface area contributed by atoms with Crippen LogP contribution in [-0.2, 0) is 4.74 Å². The summed E-state index contributed by atoms with van der Waals surface area (Å²) >= 11 is 0. The normalized spacial score (nSPS) is 9.71. The number of ether oxygens (including phenoxy) is 1. The van der Waals surface area contributed by atoms with E-state index in [1.165, 1.54) is 18.2 Å². The van der Waals surface area contributed by atoms with Gasteiger partial charge in [0.25, 0.3) is 5.69 Å². The number of non-ortho nitro benzene ring substituents is 1. The van der Waals surface area contributed by atoms with Crippen molar-refractivity contribution in [2.24, 2.45) is 0 Å². The van der Waals surface area contributed by atoms with Crippen molar-refractivity contribution < 1.29 is 9.66 Å². The van der Waals surface area contributed by atoms with Crippen molar-refractivity contribution in [2.45, 2.75) is 6.92 Å². The minimum Gasteiger partial charge on any atom is -0.492 e. The van der Waals surface area contributed by atoms with Gasteiger partial charge in [-0.25, -0.2) is 0 Å². The molecule has 0 fully saturated rings. The van der Waals surface area contributed by atoms with Crippen LogP contribution in [0.2, 0.25) is 0 Å². The van der Waals surface area contributed by atoms with Crippen molar-refractivity contribution in [3.8, 4) is 0 Å². The van der Waals surface area contributed by atoms with E-state index in [9.17, 15) is 10.1 Å². The largest absolute Gasteiger partial charge is 0.492 e. The van der Waals surface area contributed by atoms with Gasteiger partial charge in [0.15, 0.2) is 0 Å². The van der Waals surface area contributed by atoms with Crippen LogP contribution in [0.25, 0.3) is 0 Å². The zero-order valence-electron chi connectivity index (χ0n) is 9.40. The highest BCUT2D eigenvalue weighted by molar-refractivity contribution is 6.12. The Labute approximate surface area is 98.4 Å². The fraction of sp³-hybridized carbons (Fsp3) is 0.182. The van der Waals surface area contributed by atoms with Gasteiger partial charge in [0.1, 0.15) is 11.5 Å². The molecule has 0 unspecified atom stereocenters. The van der Waals surface area contributed by atoms with Gasteiger partial charge in [-0.3, -0.25) is 15.5 Å². The smallest absolute Gasteiger partial charge is 0.270 e. The van der Waals surface area contributed by atoms with Crippen molar-refractivity contribution in [2.75, 3.05) is 12.3 Å². The van der Waals surface area contributed by atoms with Gasteiger partial charge in [-0.05, 0) is 13.0 Å². The first-order chi connectivity index (χ1) is 7.97. The van der Waals surface area contributed by atoms with E-state index in [1.807, 2.05) is 0 Å². The molecule has 0 radical (unpaired) electrons. The van der Waals surface area contributed by atoms with Crippen LogP contribution in [0.15, 0.2) is 30.5 Å². The SMILES string of the molecule is C=C(OCC)C(=N)c1cc([N+](=O)[O-])ccc1N. The predicted octanol–water partition coefficient (Wildman–Crippen LogP) is 2.10. The number of hydrogen-bond acceptors (Lipinski definition) is 5. The summed E-state index contributed by atoms with van der Waals surface area (Å²) in [5.41, 5.74) is 6.02. The van der Waals surface area contributed by atoms with E-state index in [-0.39, 0.29) is 28.4 Å². The first-order valence-corrected chi connectivity index (χ1v) is 4.92. The molecule has 0 atom stereocenters. The lowest BCUT2D eigenvalue weighted by atomic mass is 10.1. The lowest BCUT2D eigenvalue weighted by molar-refractivity contribution is -0.384. The van der Waals surface area contributed by atoms with Crippen LogP contribution < -0.4 is 5.73 Å². The van der Waals surface area contributed by atoms with Crippen LogP contribution in [-0.4, -0.2) is 17.2 Å². The summed E-state index contributed by atoms with van der Waals surface area (Å²) in [4.78, 5) is 10.1. The molecule has 3 N–H and O–H groups in total. The molecule has 0 amide bonds. The average molecular weight is 235 g/mol. The first-order valence-electron chi connectivity index (χ1n) is 4.92. The number of benzene rings is 1. The van der Waals surface area contributed by atoms with Crippen LogP contribution in [0.5, 0.6) is 0 Å². The monoisotopic (exact) mass is 235 g/mol. The Balaban J connectivity index is 3.12. The zero-order chi connectivity index (χ0) is 13.0. The van der Waals surface area contributed by atoms with Crippen molar-refractivity contribution in [3.05, 3.63) is 46.2 Å². The second-order valence-electron chi connectivity index (χ2n) is 3.26. The number of nitrogens with two attached hydrogens (primary N) is 1. The molecule has 1 aromatic carbocycles. The van der Waals surface area contributed by atoms with Crippen LogP contribution in [0.3, 0.4) is 0 Å². The van der Waals surface area contributed by atoms with Crippen LogP contribution in [0.1, 0.15) is 12.5 Å². The number of anilines is 1. The maximum absolute atomic E-state index is 10.6. The molecule has 0 bridgehead atoms. The maximum atomic E-state index is 10.6. The Kier molecular flexibility index (Phi) is 3.82. The summed E-state index contributed by atoms with van der Waals surface area (Å²) in [6.07, 6.45) is 0. The summed E-state index contributed by atoms with van der Waals surface area (Å²) in [5, 5.41) is 18.4. The number of nitrogens with one attached hydrogen (secondary N) is 1. The lowest BCUT2D eigenvalue weighted by Crippen LogP contribution is -2.09. The minimum absolute atomic E-state index is 0.0481. The quantitative estimate of drug-likeness (QED) is 0.268. The number of nitro benzene ring substituents is 1. The molecule has 0 aromatic heterocycles. The number of nitrogen functional groups attached to an aromatic ring is 1.